The van der Waals surface area contributed by atoms with Crippen LogP contribution < -0.4 is 5.32 Å². The zero-order chi connectivity index (χ0) is 12.9. The molecule has 1 aromatic rings. The Balaban J connectivity index is 2.76. The minimum Gasteiger partial charge on any atom is -0.317 e. The van der Waals surface area contributed by atoms with E-state index < -0.39 is 0 Å². The van der Waals surface area contributed by atoms with E-state index in [1.807, 2.05) is 12.1 Å². The van der Waals surface area contributed by atoms with E-state index in [2.05, 4.69) is 33.0 Å². The Morgan fingerprint density at radius 3 is 2.41 bits per heavy atom. The van der Waals surface area contributed by atoms with Crippen molar-refractivity contribution in [3.63, 3.8) is 0 Å². The van der Waals surface area contributed by atoms with Gasteiger partial charge in [0.15, 0.2) is 0 Å². The first kappa shape index (κ1) is 14.2. The van der Waals surface area contributed by atoms with Crippen LogP contribution in [0.3, 0.4) is 0 Å². The third-order valence-electron chi connectivity index (χ3n) is 3.29. The van der Waals surface area contributed by atoms with Crippen molar-refractivity contribution >= 4 is 0 Å². The van der Waals surface area contributed by atoms with E-state index >= 15 is 0 Å². The molecule has 0 spiro atoms. The SMILES string of the molecule is CCNCC(Cc1ccccc1F)C(C)(C)C. The van der Waals surface area contributed by atoms with Gasteiger partial charge >= 0.3 is 0 Å². The molecular formula is C15H24FN. The van der Waals surface area contributed by atoms with Gasteiger partial charge in [0.05, 0.1) is 0 Å². The number of nitrogens with one attached hydrogen (secondary N) is 1. The van der Waals surface area contributed by atoms with Crippen molar-refractivity contribution in [1.82, 2.24) is 5.32 Å². The van der Waals surface area contributed by atoms with E-state index in [1.54, 1.807) is 12.1 Å². The third kappa shape index (κ3) is 4.47. The highest BCUT2D eigenvalue weighted by Crippen LogP contribution is 2.29. The normalized spacial score (nSPS) is 13.7. The average molecular weight is 237 g/mol. The Labute approximate surface area is 104 Å². The molecule has 0 saturated carbocycles. The number of hydrogen-bond donors (Lipinski definition) is 1. The summed E-state index contributed by atoms with van der Waals surface area (Å²) < 4.78 is 13.6. The van der Waals surface area contributed by atoms with Crippen molar-refractivity contribution in [3.05, 3.63) is 35.6 Å². The van der Waals surface area contributed by atoms with E-state index in [9.17, 15) is 4.39 Å². The van der Waals surface area contributed by atoms with Crippen molar-refractivity contribution < 1.29 is 4.39 Å². The second-order valence-electron chi connectivity index (χ2n) is 5.67. The van der Waals surface area contributed by atoms with Crippen molar-refractivity contribution in [1.29, 1.82) is 0 Å². The monoisotopic (exact) mass is 237 g/mol. The molecule has 0 aromatic heterocycles. The minimum absolute atomic E-state index is 0.0850. The van der Waals surface area contributed by atoms with Crippen LogP contribution in [-0.4, -0.2) is 13.1 Å². The van der Waals surface area contributed by atoms with Crippen LogP contribution in [0.1, 0.15) is 33.3 Å². The first-order chi connectivity index (χ1) is 7.95. The Bertz CT molecular complexity index is 341. The van der Waals surface area contributed by atoms with Crippen molar-refractivity contribution in [3.8, 4) is 0 Å². The molecule has 17 heavy (non-hydrogen) atoms. The van der Waals surface area contributed by atoms with E-state index in [0.717, 1.165) is 25.1 Å². The van der Waals surface area contributed by atoms with Crippen molar-refractivity contribution in [2.75, 3.05) is 13.1 Å². The second-order valence-corrected chi connectivity index (χ2v) is 5.67. The van der Waals surface area contributed by atoms with Gasteiger partial charge in [0, 0.05) is 0 Å². The number of hydrogen-bond acceptors (Lipinski definition) is 1. The first-order valence-electron chi connectivity index (χ1n) is 6.39. The molecule has 0 heterocycles. The maximum atomic E-state index is 13.6. The van der Waals surface area contributed by atoms with Gasteiger partial charge in [-0.2, -0.15) is 0 Å². The van der Waals surface area contributed by atoms with Gasteiger partial charge in [0.2, 0.25) is 0 Å². The fourth-order valence-corrected chi connectivity index (χ4v) is 1.93. The van der Waals surface area contributed by atoms with Crippen LogP contribution in [0, 0.1) is 17.2 Å². The number of benzene rings is 1. The zero-order valence-corrected chi connectivity index (χ0v) is 11.4. The summed E-state index contributed by atoms with van der Waals surface area (Å²) >= 11 is 0. The molecule has 1 nitrogen and oxygen atoms in total. The summed E-state index contributed by atoms with van der Waals surface area (Å²) in [6.45, 7) is 10.7. The topological polar surface area (TPSA) is 12.0 Å². The van der Waals surface area contributed by atoms with Gasteiger partial charge in [-0.05, 0) is 42.5 Å². The molecule has 0 radical (unpaired) electrons. The van der Waals surface area contributed by atoms with Gasteiger partial charge in [0.25, 0.3) is 0 Å². The Hall–Kier alpha value is -0.890. The summed E-state index contributed by atoms with van der Waals surface area (Å²) in [4.78, 5) is 0. The molecule has 2 heteroatoms. The van der Waals surface area contributed by atoms with Crippen LogP contribution in [-0.2, 0) is 6.42 Å². The Morgan fingerprint density at radius 2 is 1.88 bits per heavy atom. The van der Waals surface area contributed by atoms with Gasteiger partial charge in [-0.3, -0.25) is 0 Å². The molecule has 1 rings (SSSR count). The largest absolute Gasteiger partial charge is 0.317 e. The fraction of sp³-hybridized carbons (Fsp3) is 0.600. The van der Waals surface area contributed by atoms with Crippen LogP contribution in [0.15, 0.2) is 24.3 Å². The minimum atomic E-state index is -0.0850. The van der Waals surface area contributed by atoms with Gasteiger partial charge < -0.3 is 5.32 Å². The zero-order valence-electron chi connectivity index (χ0n) is 11.4. The highest BCUT2D eigenvalue weighted by molar-refractivity contribution is 5.18. The molecule has 96 valence electrons. The number of halogens is 1. The molecule has 0 fully saturated rings. The summed E-state index contributed by atoms with van der Waals surface area (Å²) in [7, 11) is 0. The standard InChI is InChI=1S/C15H24FN/c1-5-17-11-13(15(2,3)4)10-12-8-6-7-9-14(12)16/h6-9,13,17H,5,10-11H2,1-4H3. The van der Waals surface area contributed by atoms with E-state index in [1.165, 1.54) is 0 Å². The average Bonchev–Trinajstić information content (AvgIpc) is 2.25. The van der Waals surface area contributed by atoms with Gasteiger partial charge in [-0.15, -0.1) is 0 Å². The Kier molecular flexibility index (Phi) is 5.13. The smallest absolute Gasteiger partial charge is 0.126 e. The summed E-state index contributed by atoms with van der Waals surface area (Å²) in [5.41, 5.74) is 1.01. The second kappa shape index (κ2) is 6.15. The summed E-state index contributed by atoms with van der Waals surface area (Å²) in [5.74, 6) is 0.359. The predicted octanol–water partition coefficient (Wildman–Crippen LogP) is 3.64. The van der Waals surface area contributed by atoms with Crippen molar-refractivity contribution in [2.24, 2.45) is 11.3 Å². The lowest BCUT2D eigenvalue weighted by molar-refractivity contribution is 0.230. The van der Waals surface area contributed by atoms with E-state index in [4.69, 9.17) is 0 Å². The summed E-state index contributed by atoms with van der Waals surface area (Å²) in [5, 5.41) is 3.37. The maximum Gasteiger partial charge on any atom is 0.126 e. The van der Waals surface area contributed by atoms with E-state index in [0.29, 0.717) is 5.92 Å². The maximum absolute atomic E-state index is 13.6. The highest BCUT2D eigenvalue weighted by Gasteiger charge is 2.25. The third-order valence-corrected chi connectivity index (χ3v) is 3.29. The predicted molar refractivity (Wildman–Crippen MR) is 71.6 cm³/mol. The van der Waals surface area contributed by atoms with Crippen LogP contribution in [0.5, 0.6) is 0 Å². The lowest BCUT2D eigenvalue weighted by Crippen LogP contribution is -2.33. The molecule has 0 aliphatic carbocycles. The van der Waals surface area contributed by atoms with E-state index in [-0.39, 0.29) is 11.2 Å². The quantitative estimate of drug-likeness (QED) is 0.824. The van der Waals surface area contributed by atoms with Crippen molar-refractivity contribution in [2.45, 2.75) is 34.1 Å². The molecule has 0 amide bonds. The lowest BCUT2D eigenvalue weighted by Gasteiger charge is -2.31. The van der Waals surface area contributed by atoms with Crippen LogP contribution in [0.4, 0.5) is 4.39 Å². The molecule has 0 aliphatic rings. The molecule has 1 N–H and O–H groups in total. The molecule has 0 aliphatic heterocycles. The fourth-order valence-electron chi connectivity index (χ4n) is 1.93. The lowest BCUT2D eigenvalue weighted by atomic mass is 9.77. The van der Waals surface area contributed by atoms with Gasteiger partial charge in [-0.1, -0.05) is 45.9 Å². The molecule has 1 atom stereocenters. The molecule has 0 bridgehead atoms. The van der Waals surface area contributed by atoms with Crippen LogP contribution in [0.2, 0.25) is 0 Å². The van der Waals surface area contributed by atoms with Gasteiger partial charge in [-0.25, -0.2) is 4.39 Å². The van der Waals surface area contributed by atoms with Crippen LogP contribution in [0.25, 0.3) is 0 Å². The molecule has 1 aromatic carbocycles. The summed E-state index contributed by atoms with van der Waals surface area (Å²) in [6, 6.07) is 7.09. The highest BCUT2D eigenvalue weighted by atomic mass is 19.1. The molecule has 0 saturated heterocycles. The first-order valence-corrected chi connectivity index (χ1v) is 6.39. The number of rotatable bonds is 5. The molecule has 1 unspecified atom stereocenters. The summed E-state index contributed by atoms with van der Waals surface area (Å²) in [6.07, 6.45) is 0.795. The van der Waals surface area contributed by atoms with Crippen LogP contribution >= 0.6 is 0 Å². The van der Waals surface area contributed by atoms with Gasteiger partial charge in [0.1, 0.15) is 5.82 Å². The Morgan fingerprint density at radius 1 is 1.24 bits per heavy atom. The molecular weight excluding hydrogens is 213 g/mol.